The first-order valence-electron chi connectivity index (χ1n) is 9.75. The summed E-state index contributed by atoms with van der Waals surface area (Å²) >= 11 is 1.61. The molecule has 1 aromatic rings. The van der Waals surface area contributed by atoms with Gasteiger partial charge in [0, 0.05) is 10.3 Å². The molecule has 2 amide bonds. The van der Waals surface area contributed by atoms with Gasteiger partial charge in [-0.1, -0.05) is 32.9 Å². The quantitative estimate of drug-likeness (QED) is 0.532. The zero-order valence-electron chi connectivity index (χ0n) is 16.6. The number of nitrogens with one attached hydrogen (secondary N) is 2. The highest BCUT2D eigenvalue weighted by atomic mass is 32.1. The van der Waals surface area contributed by atoms with Crippen molar-refractivity contribution in [2.75, 3.05) is 0 Å². The SMILES string of the molecule is CC(C)(C)[C@@H]1CCc2c(C(=O)NNC(=O)[C@@H]3CC=CC[C@H]3C(=O)O)csc2C1. The Bertz CT molecular complexity index is 806. The van der Waals surface area contributed by atoms with E-state index in [1.165, 1.54) is 4.88 Å². The second-order valence-corrected chi connectivity index (χ2v) is 9.76. The summed E-state index contributed by atoms with van der Waals surface area (Å²) < 4.78 is 0. The Balaban J connectivity index is 1.62. The van der Waals surface area contributed by atoms with E-state index in [-0.39, 0.29) is 11.3 Å². The van der Waals surface area contributed by atoms with E-state index in [9.17, 15) is 19.5 Å². The number of allylic oxidation sites excluding steroid dienone is 2. The topological polar surface area (TPSA) is 95.5 Å². The molecular formula is C21H28N2O4S. The van der Waals surface area contributed by atoms with Crippen LogP contribution in [0, 0.1) is 23.2 Å². The van der Waals surface area contributed by atoms with Crippen molar-refractivity contribution in [3.63, 3.8) is 0 Å². The van der Waals surface area contributed by atoms with Crippen LogP contribution < -0.4 is 10.9 Å². The molecule has 0 saturated heterocycles. The molecule has 0 saturated carbocycles. The predicted octanol–water partition coefficient (Wildman–Crippen LogP) is 3.33. The average Bonchev–Trinajstić information content (AvgIpc) is 3.08. The smallest absolute Gasteiger partial charge is 0.307 e. The van der Waals surface area contributed by atoms with Crippen LogP contribution in [0.2, 0.25) is 0 Å². The van der Waals surface area contributed by atoms with Crippen LogP contribution in [0.3, 0.4) is 0 Å². The summed E-state index contributed by atoms with van der Waals surface area (Å²) in [5, 5.41) is 11.2. The van der Waals surface area contributed by atoms with Gasteiger partial charge in [-0.25, -0.2) is 0 Å². The standard InChI is InChI=1S/C21H28N2O4S/c1-21(2,3)12-8-9-13-16(11-28-17(13)10-12)19(25)23-22-18(24)14-6-4-5-7-15(14)20(26)27/h4-5,11-12,14-15H,6-10H2,1-3H3,(H,22,24)(H,23,25)(H,26,27)/t12-,14-,15-/m1/s1. The summed E-state index contributed by atoms with van der Waals surface area (Å²) in [6, 6.07) is 0. The van der Waals surface area contributed by atoms with Crippen LogP contribution in [0.25, 0.3) is 0 Å². The molecule has 0 bridgehead atoms. The number of carboxylic acid groups (broad SMARTS) is 1. The molecule has 6 nitrogen and oxygen atoms in total. The molecule has 0 spiro atoms. The largest absolute Gasteiger partial charge is 0.481 e. The molecule has 28 heavy (non-hydrogen) atoms. The molecule has 3 N–H and O–H groups in total. The van der Waals surface area contributed by atoms with Crippen LogP contribution in [0.4, 0.5) is 0 Å². The second kappa shape index (κ2) is 8.07. The van der Waals surface area contributed by atoms with E-state index < -0.39 is 23.7 Å². The van der Waals surface area contributed by atoms with Crippen LogP contribution in [0.15, 0.2) is 17.5 Å². The average molecular weight is 405 g/mol. The predicted molar refractivity (Wildman–Crippen MR) is 108 cm³/mol. The number of carbonyl (C=O) groups excluding carboxylic acids is 2. The molecule has 0 radical (unpaired) electrons. The molecule has 0 aliphatic heterocycles. The molecule has 152 valence electrons. The number of hydrogen-bond acceptors (Lipinski definition) is 4. The lowest BCUT2D eigenvalue weighted by Gasteiger charge is -2.34. The maximum atomic E-state index is 12.6. The summed E-state index contributed by atoms with van der Waals surface area (Å²) in [7, 11) is 0. The fourth-order valence-electron chi connectivity index (χ4n) is 4.10. The molecule has 1 aromatic heterocycles. The first-order valence-corrected chi connectivity index (χ1v) is 10.6. The molecule has 7 heteroatoms. The highest BCUT2D eigenvalue weighted by molar-refractivity contribution is 7.10. The number of fused-ring (bicyclic) bond motifs is 1. The number of hydrogen-bond donors (Lipinski definition) is 3. The minimum atomic E-state index is -0.990. The van der Waals surface area contributed by atoms with Crippen molar-refractivity contribution in [2.24, 2.45) is 23.2 Å². The van der Waals surface area contributed by atoms with E-state index in [1.807, 2.05) is 11.5 Å². The van der Waals surface area contributed by atoms with E-state index in [0.29, 0.717) is 24.3 Å². The van der Waals surface area contributed by atoms with E-state index in [2.05, 4.69) is 31.6 Å². The van der Waals surface area contributed by atoms with Crippen molar-refractivity contribution in [3.8, 4) is 0 Å². The molecule has 0 unspecified atom stereocenters. The summed E-state index contributed by atoms with van der Waals surface area (Å²) in [4.78, 5) is 37.6. The van der Waals surface area contributed by atoms with Gasteiger partial charge in [0.05, 0.1) is 17.4 Å². The third-order valence-electron chi connectivity index (χ3n) is 6.01. The van der Waals surface area contributed by atoms with Gasteiger partial charge in [-0.3, -0.25) is 25.2 Å². The van der Waals surface area contributed by atoms with Crippen molar-refractivity contribution in [1.29, 1.82) is 0 Å². The number of rotatable bonds is 3. The van der Waals surface area contributed by atoms with Gasteiger partial charge in [-0.15, -0.1) is 11.3 Å². The summed E-state index contributed by atoms with van der Waals surface area (Å²) in [5.41, 5.74) is 6.86. The van der Waals surface area contributed by atoms with Gasteiger partial charge in [0.15, 0.2) is 0 Å². The number of amides is 2. The summed E-state index contributed by atoms with van der Waals surface area (Å²) in [6.07, 6.45) is 7.18. The second-order valence-electron chi connectivity index (χ2n) is 8.79. The first-order chi connectivity index (χ1) is 13.2. The fraction of sp³-hybridized carbons (Fsp3) is 0.571. The normalized spacial score (nSPS) is 24.3. The van der Waals surface area contributed by atoms with E-state index >= 15 is 0 Å². The highest BCUT2D eigenvalue weighted by Gasteiger charge is 2.35. The number of hydrazine groups is 1. The minimum Gasteiger partial charge on any atom is -0.481 e. The van der Waals surface area contributed by atoms with Crippen LogP contribution in [0.1, 0.15) is 60.8 Å². The van der Waals surface area contributed by atoms with Gasteiger partial charge in [0.1, 0.15) is 0 Å². The van der Waals surface area contributed by atoms with Crippen molar-refractivity contribution < 1.29 is 19.5 Å². The lowest BCUT2D eigenvalue weighted by atomic mass is 9.72. The van der Waals surface area contributed by atoms with E-state index in [4.69, 9.17) is 0 Å². The number of aliphatic carboxylic acids is 1. The first kappa shape index (κ1) is 20.6. The third kappa shape index (κ3) is 4.29. The Hall–Kier alpha value is -2.15. The number of carboxylic acids is 1. The monoisotopic (exact) mass is 404 g/mol. The van der Waals surface area contributed by atoms with Gasteiger partial charge in [-0.2, -0.15) is 0 Å². The maximum Gasteiger partial charge on any atom is 0.307 e. The zero-order chi connectivity index (χ0) is 20.5. The Morgan fingerprint density at radius 1 is 1.11 bits per heavy atom. The molecule has 3 atom stereocenters. The summed E-state index contributed by atoms with van der Waals surface area (Å²) in [5.74, 6) is -2.62. The molecule has 2 aliphatic carbocycles. The molecular weight excluding hydrogens is 376 g/mol. The highest BCUT2D eigenvalue weighted by Crippen LogP contribution is 2.40. The molecule has 2 aliphatic rings. The number of carbonyl (C=O) groups is 3. The minimum absolute atomic E-state index is 0.243. The Morgan fingerprint density at radius 2 is 1.79 bits per heavy atom. The van der Waals surface area contributed by atoms with Gasteiger partial charge in [-0.05, 0) is 49.0 Å². The third-order valence-corrected chi connectivity index (χ3v) is 7.06. The van der Waals surface area contributed by atoms with Gasteiger partial charge < -0.3 is 5.11 Å². The Kier molecular flexibility index (Phi) is 5.93. The molecule has 0 aromatic carbocycles. The fourth-order valence-corrected chi connectivity index (χ4v) is 5.26. The van der Waals surface area contributed by atoms with Gasteiger partial charge in [0.2, 0.25) is 5.91 Å². The van der Waals surface area contributed by atoms with Crippen molar-refractivity contribution in [3.05, 3.63) is 33.5 Å². The molecule has 0 fully saturated rings. The van der Waals surface area contributed by atoms with Crippen molar-refractivity contribution in [1.82, 2.24) is 10.9 Å². The van der Waals surface area contributed by atoms with Crippen molar-refractivity contribution >= 4 is 29.1 Å². The van der Waals surface area contributed by atoms with Crippen LogP contribution >= 0.6 is 11.3 Å². The number of thiophene rings is 1. The van der Waals surface area contributed by atoms with Crippen LogP contribution in [0.5, 0.6) is 0 Å². The molecule has 3 rings (SSSR count). The maximum absolute atomic E-state index is 12.6. The Labute approximate surface area is 169 Å². The van der Waals surface area contributed by atoms with E-state index in [1.54, 1.807) is 17.4 Å². The zero-order valence-corrected chi connectivity index (χ0v) is 17.4. The van der Waals surface area contributed by atoms with Gasteiger partial charge >= 0.3 is 5.97 Å². The van der Waals surface area contributed by atoms with Crippen LogP contribution in [-0.2, 0) is 22.4 Å². The lowest BCUT2D eigenvalue weighted by Crippen LogP contribution is -2.47. The van der Waals surface area contributed by atoms with E-state index in [0.717, 1.165) is 24.8 Å². The lowest BCUT2D eigenvalue weighted by molar-refractivity contribution is -0.147. The molecule has 1 heterocycles. The Morgan fingerprint density at radius 3 is 2.43 bits per heavy atom. The van der Waals surface area contributed by atoms with Gasteiger partial charge in [0.25, 0.3) is 5.91 Å². The van der Waals surface area contributed by atoms with Crippen LogP contribution in [-0.4, -0.2) is 22.9 Å². The van der Waals surface area contributed by atoms with Crippen molar-refractivity contribution in [2.45, 2.75) is 52.9 Å². The summed E-state index contributed by atoms with van der Waals surface area (Å²) in [6.45, 7) is 6.76.